The molecule has 116 valence electrons. The molecule has 0 aliphatic rings. The molecule has 0 heterocycles. The topological polar surface area (TPSA) is 150 Å². The van der Waals surface area contributed by atoms with Crippen molar-refractivity contribution in [2.45, 2.75) is 17.9 Å². The second-order valence-corrected chi connectivity index (χ2v) is 6.50. The van der Waals surface area contributed by atoms with Gasteiger partial charge in [-0.2, -0.15) is 4.31 Å². The van der Waals surface area contributed by atoms with Crippen molar-refractivity contribution in [1.82, 2.24) is 4.31 Å². The Labute approximate surface area is 122 Å². The fraction of sp³-hybridized carbons (Fsp3) is 0.333. The zero-order chi connectivity index (χ0) is 16.2. The summed E-state index contributed by atoms with van der Waals surface area (Å²) in [6.45, 7) is 0.511. The Hall–Kier alpha value is -1.97. The summed E-state index contributed by atoms with van der Waals surface area (Å²) in [6.07, 6.45) is 0. The van der Waals surface area contributed by atoms with Crippen LogP contribution in [0.15, 0.2) is 29.2 Å². The molecule has 2 amide bonds. The standard InChI is InChI=1S/C12H18N4O4S/c1-8(13)9-2-4-10(5-3-9)21(19,20)16(6-11(14)17)7-12(15)18/h2-5,8H,6-7,13H2,1H3,(H2,14,17)(H2,15,18). The number of hydrogen-bond acceptors (Lipinski definition) is 5. The van der Waals surface area contributed by atoms with Gasteiger partial charge >= 0.3 is 0 Å². The Balaban J connectivity index is 3.15. The first-order chi connectivity index (χ1) is 9.64. The molecule has 21 heavy (non-hydrogen) atoms. The molecule has 1 aromatic carbocycles. The molecule has 1 atom stereocenters. The summed E-state index contributed by atoms with van der Waals surface area (Å²) in [6, 6.07) is 5.58. The number of rotatable bonds is 7. The molecule has 8 nitrogen and oxygen atoms in total. The van der Waals surface area contributed by atoms with Gasteiger partial charge in [0, 0.05) is 6.04 Å². The first kappa shape index (κ1) is 17.1. The van der Waals surface area contributed by atoms with E-state index in [9.17, 15) is 18.0 Å². The molecule has 1 unspecified atom stereocenters. The number of carbonyl (C=O) groups is 2. The molecule has 0 aliphatic carbocycles. The van der Waals surface area contributed by atoms with Gasteiger partial charge in [0.05, 0.1) is 18.0 Å². The lowest BCUT2D eigenvalue weighted by molar-refractivity contribution is -0.120. The maximum Gasteiger partial charge on any atom is 0.244 e. The molecule has 9 heteroatoms. The molecule has 0 fully saturated rings. The summed E-state index contributed by atoms with van der Waals surface area (Å²) in [5.74, 6) is -1.76. The van der Waals surface area contributed by atoms with Crippen LogP contribution in [0.3, 0.4) is 0 Å². The maximum atomic E-state index is 12.4. The Morgan fingerprint density at radius 1 is 1.10 bits per heavy atom. The van der Waals surface area contributed by atoms with Crippen LogP contribution in [-0.2, 0) is 19.6 Å². The van der Waals surface area contributed by atoms with Crippen LogP contribution < -0.4 is 17.2 Å². The number of amides is 2. The molecule has 0 saturated heterocycles. The summed E-state index contributed by atoms with van der Waals surface area (Å²) >= 11 is 0. The lowest BCUT2D eigenvalue weighted by Crippen LogP contribution is -2.43. The number of carbonyl (C=O) groups excluding carboxylic acids is 2. The third-order valence-electron chi connectivity index (χ3n) is 2.71. The van der Waals surface area contributed by atoms with Crippen molar-refractivity contribution >= 4 is 21.8 Å². The van der Waals surface area contributed by atoms with Gasteiger partial charge in [0.25, 0.3) is 0 Å². The second-order valence-electron chi connectivity index (χ2n) is 4.56. The van der Waals surface area contributed by atoms with Crippen molar-refractivity contribution in [1.29, 1.82) is 0 Å². The smallest absolute Gasteiger partial charge is 0.244 e. The van der Waals surface area contributed by atoms with Crippen LogP contribution in [0.25, 0.3) is 0 Å². The van der Waals surface area contributed by atoms with E-state index in [1.807, 2.05) is 0 Å². The number of benzene rings is 1. The molecule has 0 bridgehead atoms. The Morgan fingerprint density at radius 3 is 1.86 bits per heavy atom. The Bertz CT molecular complexity index is 609. The van der Waals surface area contributed by atoms with Gasteiger partial charge in [-0.25, -0.2) is 8.42 Å². The number of sulfonamides is 1. The summed E-state index contributed by atoms with van der Waals surface area (Å²) in [4.78, 5) is 21.8. The minimum atomic E-state index is -4.04. The van der Waals surface area contributed by atoms with E-state index in [0.717, 1.165) is 5.56 Å². The van der Waals surface area contributed by atoms with Crippen LogP contribution in [0.5, 0.6) is 0 Å². The molecule has 0 saturated carbocycles. The van der Waals surface area contributed by atoms with E-state index in [4.69, 9.17) is 17.2 Å². The van der Waals surface area contributed by atoms with Gasteiger partial charge in [-0.15, -0.1) is 0 Å². The second kappa shape index (κ2) is 6.66. The van der Waals surface area contributed by atoms with Crippen molar-refractivity contribution in [2.24, 2.45) is 17.2 Å². The molecule has 0 aliphatic heterocycles. The minimum Gasteiger partial charge on any atom is -0.369 e. The van der Waals surface area contributed by atoms with Gasteiger partial charge in [-0.1, -0.05) is 12.1 Å². The molecule has 0 radical (unpaired) electrons. The van der Waals surface area contributed by atoms with Gasteiger partial charge < -0.3 is 17.2 Å². The minimum absolute atomic E-state index is 0.0746. The van der Waals surface area contributed by atoms with Crippen LogP contribution in [0.1, 0.15) is 18.5 Å². The molecule has 0 spiro atoms. The quantitative estimate of drug-likeness (QED) is 0.569. The number of primary amides is 2. The van der Waals surface area contributed by atoms with E-state index in [1.165, 1.54) is 12.1 Å². The van der Waals surface area contributed by atoms with E-state index in [1.54, 1.807) is 19.1 Å². The van der Waals surface area contributed by atoms with Crippen LogP contribution in [0.2, 0.25) is 0 Å². The monoisotopic (exact) mass is 314 g/mol. The third-order valence-corrected chi connectivity index (χ3v) is 4.51. The number of nitrogens with two attached hydrogens (primary N) is 3. The zero-order valence-electron chi connectivity index (χ0n) is 11.5. The van der Waals surface area contributed by atoms with Gasteiger partial charge in [-0.05, 0) is 24.6 Å². The first-order valence-corrected chi connectivity index (χ1v) is 7.51. The maximum absolute atomic E-state index is 12.4. The zero-order valence-corrected chi connectivity index (χ0v) is 12.3. The summed E-state index contributed by atoms with van der Waals surface area (Å²) in [7, 11) is -4.04. The molecule has 6 N–H and O–H groups in total. The van der Waals surface area contributed by atoms with Crippen LogP contribution >= 0.6 is 0 Å². The summed E-state index contributed by atoms with van der Waals surface area (Å²) in [5.41, 5.74) is 16.4. The summed E-state index contributed by atoms with van der Waals surface area (Å²) in [5, 5.41) is 0. The lowest BCUT2D eigenvalue weighted by atomic mass is 10.1. The molecular weight excluding hydrogens is 296 g/mol. The van der Waals surface area contributed by atoms with Gasteiger partial charge in [-0.3, -0.25) is 9.59 Å². The van der Waals surface area contributed by atoms with Gasteiger partial charge in [0.2, 0.25) is 21.8 Å². The van der Waals surface area contributed by atoms with E-state index < -0.39 is 34.9 Å². The molecule has 1 aromatic rings. The highest BCUT2D eigenvalue weighted by Crippen LogP contribution is 2.18. The number of nitrogens with zero attached hydrogens (tertiary/aromatic N) is 1. The predicted octanol–water partition coefficient (Wildman–Crippen LogP) is -1.33. The molecule has 0 aromatic heterocycles. The average molecular weight is 314 g/mol. The highest BCUT2D eigenvalue weighted by molar-refractivity contribution is 7.89. The van der Waals surface area contributed by atoms with E-state index in [-0.39, 0.29) is 10.9 Å². The molecular formula is C12H18N4O4S. The molecule has 1 rings (SSSR count). The van der Waals surface area contributed by atoms with E-state index in [2.05, 4.69) is 0 Å². The van der Waals surface area contributed by atoms with Crippen LogP contribution in [-0.4, -0.2) is 37.6 Å². The third kappa shape index (κ3) is 4.52. The van der Waals surface area contributed by atoms with Gasteiger partial charge in [0.1, 0.15) is 0 Å². The number of hydrogen-bond donors (Lipinski definition) is 3. The normalized spacial score (nSPS) is 13.1. The van der Waals surface area contributed by atoms with Crippen molar-refractivity contribution in [3.63, 3.8) is 0 Å². The predicted molar refractivity (Wildman–Crippen MR) is 76.2 cm³/mol. The van der Waals surface area contributed by atoms with Crippen LogP contribution in [0.4, 0.5) is 0 Å². The fourth-order valence-corrected chi connectivity index (χ4v) is 3.04. The fourth-order valence-electron chi connectivity index (χ4n) is 1.67. The largest absolute Gasteiger partial charge is 0.369 e. The average Bonchev–Trinajstić information content (AvgIpc) is 2.37. The van der Waals surface area contributed by atoms with Crippen LogP contribution in [0, 0.1) is 0 Å². The first-order valence-electron chi connectivity index (χ1n) is 6.07. The van der Waals surface area contributed by atoms with Crippen molar-refractivity contribution in [3.05, 3.63) is 29.8 Å². The van der Waals surface area contributed by atoms with Gasteiger partial charge in [0.15, 0.2) is 0 Å². The van der Waals surface area contributed by atoms with E-state index in [0.29, 0.717) is 4.31 Å². The van der Waals surface area contributed by atoms with Crippen molar-refractivity contribution < 1.29 is 18.0 Å². The van der Waals surface area contributed by atoms with E-state index >= 15 is 0 Å². The van der Waals surface area contributed by atoms with Crippen molar-refractivity contribution in [2.75, 3.05) is 13.1 Å². The Kier molecular flexibility index (Phi) is 5.41. The van der Waals surface area contributed by atoms with Crippen molar-refractivity contribution in [3.8, 4) is 0 Å². The summed E-state index contributed by atoms with van der Waals surface area (Å²) < 4.78 is 25.4. The highest BCUT2D eigenvalue weighted by atomic mass is 32.2. The highest BCUT2D eigenvalue weighted by Gasteiger charge is 2.27. The Morgan fingerprint density at radius 2 is 1.52 bits per heavy atom. The SMILES string of the molecule is CC(N)c1ccc(S(=O)(=O)N(CC(N)=O)CC(N)=O)cc1. The lowest BCUT2D eigenvalue weighted by Gasteiger charge is -2.19.